The Balaban J connectivity index is 1.97. The molecule has 0 fully saturated rings. The molecule has 0 N–H and O–H groups in total. The quantitative estimate of drug-likeness (QED) is 0.663. The Morgan fingerprint density at radius 2 is 0.933 bits per heavy atom. The van der Waals surface area contributed by atoms with Crippen LogP contribution in [-0.2, 0) is 0 Å². The Labute approximate surface area is 92.0 Å². The molecule has 4 nitrogen and oxygen atoms in total. The zero-order chi connectivity index (χ0) is 11.0. The highest BCUT2D eigenvalue weighted by molar-refractivity contribution is 4.99. The predicted octanol–water partition coefficient (Wildman–Crippen LogP) is 0.726. The smallest absolute Gasteiger partial charge is 0.104 e. The summed E-state index contributed by atoms with van der Waals surface area (Å²) in [7, 11) is 8.53. The second kappa shape index (κ2) is 3.68. The summed E-state index contributed by atoms with van der Waals surface area (Å²) in [5.74, 6) is 0. The van der Waals surface area contributed by atoms with Gasteiger partial charge in [-0.25, -0.2) is 0 Å². The molecule has 0 amide bonds. The van der Waals surface area contributed by atoms with E-state index in [-0.39, 0.29) is 0 Å². The Morgan fingerprint density at radius 3 is 1.20 bits per heavy atom. The van der Waals surface area contributed by atoms with Crippen LogP contribution in [0.25, 0.3) is 0 Å². The summed E-state index contributed by atoms with van der Waals surface area (Å²) in [6.07, 6.45) is 10.6. The minimum absolute atomic E-state index is 0.472. The third-order valence-corrected chi connectivity index (χ3v) is 3.38. The molecule has 84 valence electrons. The predicted molar refractivity (Wildman–Crippen MR) is 61.5 cm³/mol. The fourth-order valence-corrected chi connectivity index (χ4v) is 2.25. The second-order valence-electron chi connectivity index (χ2n) is 4.46. The first-order valence-corrected chi connectivity index (χ1v) is 5.34. The minimum Gasteiger partial charge on any atom is -0.359 e. The van der Waals surface area contributed by atoms with Gasteiger partial charge in [0.25, 0.3) is 0 Å². The van der Waals surface area contributed by atoms with Crippen LogP contribution >= 0.6 is 0 Å². The van der Waals surface area contributed by atoms with Crippen molar-refractivity contribution in [2.45, 2.75) is 18.8 Å². The van der Waals surface area contributed by atoms with Gasteiger partial charge in [0.15, 0.2) is 0 Å². The van der Waals surface area contributed by atoms with Gasteiger partial charge in [0.2, 0.25) is 0 Å². The van der Waals surface area contributed by atoms with Crippen LogP contribution in [0, 0.1) is 0 Å². The third kappa shape index (κ3) is 1.76. The summed E-state index contributed by atoms with van der Waals surface area (Å²) in [5, 5.41) is 0. The van der Waals surface area contributed by atoms with Crippen molar-refractivity contribution in [3.05, 3.63) is 24.8 Å². The fraction of sp³-hybridized carbons (Fsp3) is 0.636. The summed E-state index contributed by atoms with van der Waals surface area (Å²) in [4.78, 5) is 9.06. The van der Waals surface area contributed by atoms with Crippen LogP contribution in [0.2, 0.25) is 0 Å². The first-order valence-electron chi connectivity index (χ1n) is 5.34. The topological polar surface area (TPSA) is 13.0 Å². The van der Waals surface area contributed by atoms with Crippen molar-refractivity contribution >= 4 is 0 Å². The molecule has 2 rings (SSSR count). The number of nitrogens with zero attached hydrogens (tertiary/aromatic N) is 4. The minimum atomic E-state index is 0.472. The summed E-state index contributed by atoms with van der Waals surface area (Å²) in [5.41, 5.74) is 0. The molecule has 0 atom stereocenters. The lowest BCUT2D eigenvalue weighted by atomic mass is 10.2. The molecule has 0 aliphatic carbocycles. The summed E-state index contributed by atoms with van der Waals surface area (Å²) < 4.78 is 0. The van der Waals surface area contributed by atoms with Crippen molar-refractivity contribution in [2.75, 3.05) is 28.2 Å². The van der Waals surface area contributed by atoms with E-state index in [1.807, 2.05) is 0 Å². The standard InChI is InChI=1S/C11H20N4/c1-12-5-6-13(2)10(12)9-11-14(3)7-8-15(11)4/h5-8,10-11H,9H2,1-4H3. The zero-order valence-corrected chi connectivity index (χ0v) is 9.96. The molecule has 4 heteroatoms. The zero-order valence-electron chi connectivity index (χ0n) is 9.96. The fourth-order valence-electron chi connectivity index (χ4n) is 2.25. The SMILES string of the molecule is CN1C=CN(C)C1CC1N(C)C=CN1C. The molecule has 2 heterocycles. The van der Waals surface area contributed by atoms with Crippen LogP contribution in [-0.4, -0.2) is 60.1 Å². The van der Waals surface area contributed by atoms with Gasteiger partial charge >= 0.3 is 0 Å². The Bertz CT molecular complexity index is 234. The van der Waals surface area contributed by atoms with Gasteiger partial charge < -0.3 is 19.6 Å². The van der Waals surface area contributed by atoms with Crippen molar-refractivity contribution in [2.24, 2.45) is 0 Å². The maximum Gasteiger partial charge on any atom is 0.104 e. The summed E-state index contributed by atoms with van der Waals surface area (Å²) in [6, 6.07) is 0. The van der Waals surface area contributed by atoms with Crippen molar-refractivity contribution < 1.29 is 0 Å². The molecule has 0 bridgehead atoms. The Hall–Kier alpha value is -1.32. The van der Waals surface area contributed by atoms with Gasteiger partial charge in [-0.05, 0) is 0 Å². The van der Waals surface area contributed by atoms with E-state index in [4.69, 9.17) is 0 Å². The van der Waals surface area contributed by atoms with Crippen molar-refractivity contribution in [1.82, 2.24) is 19.6 Å². The van der Waals surface area contributed by atoms with Gasteiger partial charge in [-0.15, -0.1) is 0 Å². The molecular weight excluding hydrogens is 188 g/mol. The molecule has 15 heavy (non-hydrogen) atoms. The van der Waals surface area contributed by atoms with E-state index in [0.717, 1.165) is 6.42 Å². The van der Waals surface area contributed by atoms with E-state index < -0.39 is 0 Å². The maximum atomic E-state index is 2.26. The highest BCUT2D eigenvalue weighted by Crippen LogP contribution is 2.22. The van der Waals surface area contributed by atoms with Crippen molar-refractivity contribution in [3.63, 3.8) is 0 Å². The maximum absolute atomic E-state index is 2.26. The Morgan fingerprint density at radius 1 is 0.667 bits per heavy atom. The number of hydrogen-bond donors (Lipinski definition) is 0. The molecule has 0 saturated carbocycles. The average molecular weight is 208 g/mol. The third-order valence-electron chi connectivity index (χ3n) is 3.38. The number of hydrogen-bond acceptors (Lipinski definition) is 4. The van der Waals surface area contributed by atoms with Gasteiger partial charge in [0, 0.05) is 59.4 Å². The van der Waals surface area contributed by atoms with Crippen molar-refractivity contribution in [1.29, 1.82) is 0 Å². The summed E-state index contributed by atoms with van der Waals surface area (Å²) >= 11 is 0. The lowest BCUT2D eigenvalue weighted by Crippen LogP contribution is -2.44. The van der Waals surface area contributed by atoms with E-state index in [1.165, 1.54) is 0 Å². The highest BCUT2D eigenvalue weighted by Gasteiger charge is 2.29. The van der Waals surface area contributed by atoms with Crippen LogP contribution in [0.15, 0.2) is 24.8 Å². The van der Waals surface area contributed by atoms with Gasteiger partial charge in [-0.1, -0.05) is 0 Å². The lowest BCUT2D eigenvalue weighted by molar-refractivity contribution is 0.105. The number of rotatable bonds is 2. The van der Waals surface area contributed by atoms with Gasteiger partial charge in [-0.3, -0.25) is 0 Å². The highest BCUT2D eigenvalue weighted by atomic mass is 15.4. The molecule has 0 aromatic heterocycles. The second-order valence-corrected chi connectivity index (χ2v) is 4.46. The molecule has 0 saturated heterocycles. The van der Waals surface area contributed by atoms with Crippen LogP contribution in [0.1, 0.15) is 6.42 Å². The molecule has 0 aromatic rings. The molecular formula is C11H20N4. The molecule has 2 aliphatic rings. The lowest BCUT2D eigenvalue weighted by Gasteiger charge is -2.35. The van der Waals surface area contributed by atoms with Gasteiger partial charge in [0.05, 0.1) is 0 Å². The average Bonchev–Trinajstić information content (AvgIpc) is 2.67. The first kappa shape index (κ1) is 10.2. The summed E-state index contributed by atoms with van der Waals surface area (Å²) in [6.45, 7) is 0. The van der Waals surface area contributed by atoms with E-state index >= 15 is 0 Å². The molecule has 0 spiro atoms. The molecule has 0 radical (unpaired) electrons. The van der Waals surface area contributed by atoms with E-state index in [1.54, 1.807) is 0 Å². The molecule has 2 aliphatic heterocycles. The van der Waals surface area contributed by atoms with E-state index in [2.05, 4.69) is 72.6 Å². The first-order chi connectivity index (χ1) is 7.09. The van der Waals surface area contributed by atoms with Crippen LogP contribution in [0.3, 0.4) is 0 Å². The monoisotopic (exact) mass is 208 g/mol. The molecule has 0 unspecified atom stereocenters. The van der Waals surface area contributed by atoms with E-state index in [0.29, 0.717) is 12.3 Å². The van der Waals surface area contributed by atoms with Crippen LogP contribution < -0.4 is 0 Å². The van der Waals surface area contributed by atoms with Crippen LogP contribution in [0.5, 0.6) is 0 Å². The normalized spacial score (nSPS) is 22.7. The van der Waals surface area contributed by atoms with Gasteiger partial charge in [-0.2, -0.15) is 0 Å². The van der Waals surface area contributed by atoms with Gasteiger partial charge in [0.1, 0.15) is 12.3 Å². The van der Waals surface area contributed by atoms with E-state index in [9.17, 15) is 0 Å². The van der Waals surface area contributed by atoms with Crippen molar-refractivity contribution in [3.8, 4) is 0 Å². The Kier molecular flexibility index (Phi) is 2.50. The molecule has 0 aromatic carbocycles. The van der Waals surface area contributed by atoms with Crippen LogP contribution in [0.4, 0.5) is 0 Å². The largest absolute Gasteiger partial charge is 0.359 e.